The second-order valence-electron chi connectivity index (χ2n) is 5.14. The Morgan fingerprint density at radius 3 is 2.41 bits per heavy atom. The lowest BCUT2D eigenvalue weighted by molar-refractivity contribution is -0.284. The first-order valence-electron chi connectivity index (χ1n) is 5.72. The summed E-state index contributed by atoms with van der Waals surface area (Å²) in [4.78, 5) is 11.4. The van der Waals surface area contributed by atoms with E-state index in [1.54, 1.807) is 0 Å². The van der Waals surface area contributed by atoms with E-state index in [4.69, 9.17) is 4.74 Å². The number of carbonyl (C=O) groups excluding carboxylic acids is 1. The highest BCUT2D eigenvalue weighted by Gasteiger charge is 2.68. The summed E-state index contributed by atoms with van der Waals surface area (Å²) in [5, 5.41) is 0. The molecule has 17 heavy (non-hydrogen) atoms. The smallest absolute Gasteiger partial charge is 0.428 e. The van der Waals surface area contributed by atoms with Crippen molar-refractivity contribution in [1.82, 2.24) is 0 Å². The number of rotatable bonds is 2. The molecular weight excluding hydrogens is 233 g/mol. The Balaban J connectivity index is 2.27. The lowest BCUT2D eigenvalue weighted by atomic mass is 9.83. The Labute approximate surface area is 97.8 Å². The Morgan fingerprint density at radius 1 is 1.41 bits per heavy atom. The average molecular weight is 248 g/mol. The van der Waals surface area contributed by atoms with Crippen molar-refractivity contribution in [2.75, 3.05) is 0 Å². The summed E-state index contributed by atoms with van der Waals surface area (Å²) in [6.07, 6.45) is -2.75. The summed E-state index contributed by atoms with van der Waals surface area (Å²) < 4.78 is 44.4. The molecule has 3 atom stereocenters. The third-order valence-corrected chi connectivity index (χ3v) is 3.90. The van der Waals surface area contributed by atoms with Crippen LogP contribution in [0.25, 0.3) is 0 Å². The van der Waals surface area contributed by atoms with Crippen LogP contribution >= 0.6 is 0 Å². The molecule has 2 saturated carbocycles. The van der Waals surface area contributed by atoms with Crippen molar-refractivity contribution in [3.05, 3.63) is 12.2 Å². The molecule has 0 aromatic heterocycles. The quantitative estimate of drug-likeness (QED) is 0.554. The van der Waals surface area contributed by atoms with E-state index in [2.05, 4.69) is 6.58 Å². The monoisotopic (exact) mass is 248 g/mol. The van der Waals surface area contributed by atoms with Crippen LogP contribution in [0.1, 0.15) is 32.6 Å². The molecule has 0 radical (unpaired) electrons. The maximum atomic E-state index is 13.2. The lowest BCUT2D eigenvalue weighted by Crippen LogP contribution is -2.53. The van der Waals surface area contributed by atoms with E-state index < -0.39 is 23.7 Å². The van der Waals surface area contributed by atoms with Gasteiger partial charge in [-0.15, -0.1) is 0 Å². The zero-order valence-corrected chi connectivity index (χ0v) is 9.64. The van der Waals surface area contributed by atoms with Crippen LogP contribution in [0.3, 0.4) is 0 Å². The Kier molecular flexibility index (Phi) is 2.75. The van der Waals surface area contributed by atoms with Gasteiger partial charge < -0.3 is 4.74 Å². The third-order valence-electron chi connectivity index (χ3n) is 3.90. The van der Waals surface area contributed by atoms with E-state index >= 15 is 0 Å². The van der Waals surface area contributed by atoms with Gasteiger partial charge in [-0.3, -0.25) is 0 Å². The van der Waals surface area contributed by atoms with Gasteiger partial charge in [0.25, 0.3) is 0 Å². The third kappa shape index (κ3) is 1.85. The van der Waals surface area contributed by atoms with E-state index in [-0.39, 0.29) is 17.9 Å². The largest absolute Gasteiger partial charge is 0.446 e. The molecule has 2 fully saturated rings. The summed E-state index contributed by atoms with van der Waals surface area (Å²) in [6.45, 7) is 4.69. The molecule has 2 nitrogen and oxygen atoms in total. The van der Waals surface area contributed by atoms with Crippen LogP contribution in [0, 0.1) is 11.8 Å². The van der Waals surface area contributed by atoms with Crippen LogP contribution in [0.5, 0.6) is 0 Å². The fourth-order valence-electron chi connectivity index (χ4n) is 3.06. The minimum Gasteiger partial charge on any atom is -0.446 e. The maximum Gasteiger partial charge on any atom is 0.428 e. The highest BCUT2D eigenvalue weighted by molar-refractivity contribution is 5.87. The normalized spacial score (nSPS) is 36.0. The second-order valence-corrected chi connectivity index (χ2v) is 5.14. The molecule has 2 bridgehead atoms. The number of esters is 1. The molecule has 0 heterocycles. The van der Waals surface area contributed by atoms with Crippen molar-refractivity contribution in [2.45, 2.75) is 44.4 Å². The first kappa shape index (κ1) is 12.5. The summed E-state index contributed by atoms with van der Waals surface area (Å²) in [6, 6.07) is 0. The second kappa shape index (κ2) is 3.75. The molecule has 2 aliphatic carbocycles. The zero-order chi connectivity index (χ0) is 12.8. The number of ether oxygens (including phenoxy) is 1. The van der Waals surface area contributed by atoms with Crippen molar-refractivity contribution in [2.24, 2.45) is 11.8 Å². The van der Waals surface area contributed by atoms with Crippen molar-refractivity contribution in [3.8, 4) is 0 Å². The molecular formula is C12H15F3O2. The molecule has 0 N–H and O–H groups in total. The van der Waals surface area contributed by atoms with Crippen LogP contribution in [0.2, 0.25) is 0 Å². The number of halogens is 3. The van der Waals surface area contributed by atoms with Crippen molar-refractivity contribution in [1.29, 1.82) is 0 Å². The van der Waals surface area contributed by atoms with Gasteiger partial charge in [0.05, 0.1) is 0 Å². The average Bonchev–Trinajstić information content (AvgIpc) is 2.75. The van der Waals surface area contributed by atoms with Crippen LogP contribution in [0.15, 0.2) is 12.2 Å². The van der Waals surface area contributed by atoms with Crippen molar-refractivity contribution in [3.63, 3.8) is 0 Å². The van der Waals surface area contributed by atoms with E-state index in [0.717, 1.165) is 6.42 Å². The lowest BCUT2D eigenvalue weighted by Gasteiger charge is -2.38. The van der Waals surface area contributed by atoms with Crippen LogP contribution in [-0.2, 0) is 9.53 Å². The topological polar surface area (TPSA) is 26.3 Å². The first-order chi connectivity index (χ1) is 7.76. The summed E-state index contributed by atoms with van der Waals surface area (Å²) in [7, 11) is 0. The Hall–Kier alpha value is -1.00. The maximum absolute atomic E-state index is 13.2. The molecule has 0 aliphatic heterocycles. The van der Waals surface area contributed by atoms with Gasteiger partial charge in [0.15, 0.2) is 0 Å². The molecule has 2 rings (SSSR count). The summed E-state index contributed by atoms with van der Waals surface area (Å²) in [5.74, 6) is -1.47. The van der Waals surface area contributed by atoms with Crippen LogP contribution in [0.4, 0.5) is 13.2 Å². The SMILES string of the molecule is C=C(C)C(=O)OC1(C(F)(F)F)CC2CCC1C2. The van der Waals surface area contributed by atoms with Gasteiger partial charge in [-0.2, -0.15) is 13.2 Å². The van der Waals surface area contributed by atoms with Gasteiger partial charge in [0.2, 0.25) is 5.60 Å². The predicted molar refractivity (Wildman–Crippen MR) is 55.1 cm³/mol. The van der Waals surface area contributed by atoms with Gasteiger partial charge in [-0.1, -0.05) is 6.58 Å². The van der Waals surface area contributed by atoms with Gasteiger partial charge >= 0.3 is 12.1 Å². The van der Waals surface area contributed by atoms with Crippen LogP contribution < -0.4 is 0 Å². The van der Waals surface area contributed by atoms with Gasteiger partial charge in [0, 0.05) is 11.5 Å². The molecule has 2 aliphatic rings. The molecule has 96 valence electrons. The standard InChI is InChI=1S/C12H15F3O2/c1-7(2)10(16)17-11(12(13,14)15)6-8-3-4-9(11)5-8/h8-9H,1,3-6H2,2H3. The van der Waals surface area contributed by atoms with E-state index in [1.165, 1.54) is 6.92 Å². The molecule has 0 spiro atoms. The molecule has 0 amide bonds. The van der Waals surface area contributed by atoms with Crippen molar-refractivity contribution < 1.29 is 22.7 Å². The summed E-state index contributed by atoms with van der Waals surface area (Å²) >= 11 is 0. The number of carbonyl (C=O) groups is 1. The van der Waals surface area contributed by atoms with E-state index in [0.29, 0.717) is 12.8 Å². The zero-order valence-electron chi connectivity index (χ0n) is 9.64. The van der Waals surface area contributed by atoms with Crippen LogP contribution in [-0.4, -0.2) is 17.7 Å². The first-order valence-corrected chi connectivity index (χ1v) is 5.72. The van der Waals surface area contributed by atoms with Gasteiger partial charge in [-0.05, 0) is 38.5 Å². The Morgan fingerprint density at radius 2 is 2.06 bits per heavy atom. The van der Waals surface area contributed by atoms with Gasteiger partial charge in [0.1, 0.15) is 0 Å². The fraction of sp³-hybridized carbons (Fsp3) is 0.750. The number of hydrogen-bond acceptors (Lipinski definition) is 2. The fourth-order valence-corrected chi connectivity index (χ4v) is 3.06. The Bertz CT molecular complexity index is 361. The minimum atomic E-state index is -4.49. The number of hydrogen-bond donors (Lipinski definition) is 0. The van der Waals surface area contributed by atoms with Crippen molar-refractivity contribution >= 4 is 5.97 Å². The highest BCUT2D eigenvalue weighted by Crippen LogP contribution is 2.58. The van der Waals surface area contributed by atoms with Gasteiger partial charge in [-0.25, -0.2) is 4.79 Å². The highest BCUT2D eigenvalue weighted by atomic mass is 19.4. The predicted octanol–water partition coefficient (Wildman–Crippen LogP) is 3.23. The molecule has 3 unspecified atom stereocenters. The molecule has 0 aromatic carbocycles. The van der Waals surface area contributed by atoms with E-state index in [9.17, 15) is 18.0 Å². The molecule has 0 aromatic rings. The number of alkyl halides is 3. The minimum absolute atomic E-state index is 0.0106. The number of fused-ring (bicyclic) bond motifs is 2. The molecule has 0 saturated heterocycles. The summed E-state index contributed by atoms with van der Waals surface area (Å²) in [5.41, 5.74) is -2.25. The van der Waals surface area contributed by atoms with E-state index in [1.807, 2.05) is 0 Å². The molecule has 5 heteroatoms.